The Balaban J connectivity index is 1.35. The van der Waals surface area contributed by atoms with Crippen molar-refractivity contribution in [3.63, 3.8) is 0 Å². The van der Waals surface area contributed by atoms with Crippen LogP contribution in [0.1, 0.15) is 11.1 Å². The molecule has 0 aliphatic carbocycles. The predicted octanol–water partition coefficient (Wildman–Crippen LogP) is 3.73. The number of aromatic hydroxyl groups is 1. The normalized spacial score (nSPS) is 13.8. The molecule has 3 aromatic rings. The summed E-state index contributed by atoms with van der Waals surface area (Å²) in [7, 11) is 0. The largest absolute Gasteiger partial charge is 0.508 e. The van der Waals surface area contributed by atoms with Crippen LogP contribution in [0.4, 0.5) is 23.1 Å². The number of aryl methyl sites for hydroxylation is 1. The van der Waals surface area contributed by atoms with Crippen LogP contribution in [0.25, 0.3) is 0 Å². The summed E-state index contributed by atoms with van der Waals surface area (Å²) in [5.74, 6) is 1.66. The quantitative estimate of drug-likeness (QED) is 0.552. The van der Waals surface area contributed by atoms with Crippen molar-refractivity contribution in [2.24, 2.45) is 0 Å². The van der Waals surface area contributed by atoms with E-state index in [1.807, 2.05) is 37.4 Å². The van der Waals surface area contributed by atoms with Crippen LogP contribution in [0.3, 0.4) is 0 Å². The van der Waals surface area contributed by atoms with Crippen LogP contribution >= 0.6 is 0 Å². The van der Waals surface area contributed by atoms with Gasteiger partial charge in [-0.3, -0.25) is 0 Å². The maximum Gasteiger partial charge on any atom is 0.229 e. The minimum atomic E-state index is 0.284. The van der Waals surface area contributed by atoms with Gasteiger partial charge in [-0.2, -0.15) is 4.98 Å². The van der Waals surface area contributed by atoms with Gasteiger partial charge in [-0.15, -0.1) is 0 Å². The Hall–Kier alpha value is -3.32. The minimum absolute atomic E-state index is 0.284. The van der Waals surface area contributed by atoms with E-state index in [1.54, 1.807) is 12.1 Å². The molecule has 0 unspecified atom stereocenters. The molecule has 1 aliphatic rings. The summed E-state index contributed by atoms with van der Waals surface area (Å²) < 4.78 is 5.42. The number of anilines is 4. The first-order chi connectivity index (χ1) is 14.7. The maximum absolute atomic E-state index is 9.38. The Labute approximate surface area is 176 Å². The van der Waals surface area contributed by atoms with Gasteiger partial charge in [0.15, 0.2) is 0 Å². The number of ether oxygens (including phenoxy) is 1. The zero-order valence-corrected chi connectivity index (χ0v) is 17.1. The van der Waals surface area contributed by atoms with Crippen molar-refractivity contribution < 1.29 is 9.84 Å². The highest BCUT2D eigenvalue weighted by Crippen LogP contribution is 2.22. The van der Waals surface area contributed by atoms with E-state index in [-0.39, 0.29) is 5.75 Å². The third-order valence-corrected chi connectivity index (χ3v) is 5.11. The topological polar surface area (TPSA) is 82.5 Å². The van der Waals surface area contributed by atoms with Crippen LogP contribution in [0.2, 0.25) is 0 Å². The molecular weight excluding hydrogens is 378 g/mol. The number of hydrogen-bond acceptors (Lipinski definition) is 7. The lowest BCUT2D eigenvalue weighted by Crippen LogP contribution is -2.36. The summed E-state index contributed by atoms with van der Waals surface area (Å²) in [5, 5.41) is 16.0. The first-order valence-electron chi connectivity index (χ1n) is 10.2. The molecule has 30 heavy (non-hydrogen) atoms. The maximum atomic E-state index is 9.38. The van der Waals surface area contributed by atoms with E-state index in [0.29, 0.717) is 5.95 Å². The van der Waals surface area contributed by atoms with Gasteiger partial charge >= 0.3 is 0 Å². The monoisotopic (exact) mass is 405 g/mol. The molecule has 0 bridgehead atoms. The number of morpholine rings is 1. The highest BCUT2D eigenvalue weighted by molar-refractivity contribution is 5.60. The Morgan fingerprint density at radius 2 is 1.77 bits per heavy atom. The van der Waals surface area contributed by atoms with Crippen molar-refractivity contribution in [2.45, 2.75) is 13.3 Å². The van der Waals surface area contributed by atoms with Crippen molar-refractivity contribution in [1.82, 2.24) is 9.97 Å². The molecule has 3 N–H and O–H groups in total. The molecule has 1 saturated heterocycles. The van der Waals surface area contributed by atoms with E-state index < -0.39 is 0 Å². The summed E-state index contributed by atoms with van der Waals surface area (Å²) in [6.07, 6.45) is 2.66. The van der Waals surface area contributed by atoms with E-state index in [4.69, 9.17) is 4.74 Å². The van der Waals surface area contributed by atoms with E-state index in [0.717, 1.165) is 61.9 Å². The summed E-state index contributed by atoms with van der Waals surface area (Å²) in [6.45, 7) is 6.14. The zero-order chi connectivity index (χ0) is 20.8. The van der Waals surface area contributed by atoms with Gasteiger partial charge in [0.1, 0.15) is 11.6 Å². The van der Waals surface area contributed by atoms with Gasteiger partial charge in [0.05, 0.1) is 13.2 Å². The average molecular weight is 406 g/mol. The van der Waals surface area contributed by atoms with Crippen molar-refractivity contribution >= 4 is 23.1 Å². The van der Waals surface area contributed by atoms with Crippen molar-refractivity contribution in [3.8, 4) is 5.75 Å². The number of nitrogens with zero attached hydrogens (tertiary/aromatic N) is 3. The third kappa shape index (κ3) is 5.18. The Morgan fingerprint density at radius 1 is 1.03 bits per heavy atom. The molecule has 1 fully saturated rings. The van der Waals surface area contributed by atoms with E-state index in [2.05, 4.69) is 37.6 Å². The summed E-state index contributed by atoms with van der Waals surface area (Å²) in [4.78, 5) is 11.4. The van der Waals surface area contributed by atoms with Gasteiger partial charge in [-0.1, -0.05) is 12.1 Å². The van der Waals surface area contributed by atoms with E-state index in [1.165, 1.54) is 5.69 Å². The molecule has 0 spiro atoms. The van der Waals surface area contributed by atoms with Crippen molar-refractivity contribution in [3.05, 3.63) is 65.9 Å². The molecule has 4 rings (SSSR count). The molecule has 0 atom stereocenters. The second-order valence-electron chi connectivity index (χ2n) is 7.34. The minimum Gasteiger partial charge on any atom is -0.508 e. The molecule has 0 saturated carbocycles. The number of phenolic OH excluding ortho intramolecular Hbond substituents is 1. The Kier molecular flexibility index (Phi) is 6.29. The number of aromatic nitrogens is 2. The fraction of sp³-hybridized carbons (Fsp3) is 0.304. The van der Waals surface area contributed by atoms with Crippen LogP contribution in [0.15, 0.2) is 54.7 Å². The second kappa shape index (κ2) is 9.45. The highest BCUT2D eigenvalue weighted by Gasteiger charge is 2.11. The van der Waals surface area contributed by atoms with E-state index in [9.17, 15) is 5.11 Å². The second-order valence-corrected chi connectivity index (χ2v) is 7.34. The standard InChI is InChI=1S/C23H27N5O2/c1-17-16-25-23(27-22(17)24-11-10-18-2-8-21(29)9-3-18)26-19-4-6-20(7-5-19)28-12-14-30-15-13-28/h2-9,16,29H,10-15H2,1H3,(H2,24,25,26,27). The number of hydrogen-bond donors (Lipinski definition) is 3. The highest BCUT2D eigenvalue weighted by atomic mass is 16.5. The molecular formula is C23H27N5O2. The molecule has 156 valence electrons. The Bertz CT molecular complexity index is 954. The molecule has 7 heteroatoms. The van der Waals surface area contributed by atoms with Gasteiger partial charge in [0.25, 0.3) is 0 Å². The van der Waals surface area contributed by atoms with Crippen LogP contribution in [-0.2, 0) is 11.2 Å². The number of phenols is 1. The van der Waals surface area contributed by atoms with Crippen molar-refractivity contribution in [2.75, 3.05) is 48.4 Å². The number of nitrogens with one attached hydrogen (secondary N) is 2. The van der Waals surface area contributed by atoms with Crippen LogP contribution in [-0.4, -0.2) is 47.9 Å². The first-order valence-corrected chi connectivity index (χ1v) is 10.2. The molecule has 7 nitrogen and oxygen atoms in total. The van der Waals surface area contributed by atoms with Crippen molar-refractivity contribution in [1.29, 1.82) is 0 Å². The van der Waals surface area contributed by atoms with Gasteiger partial charge in [-0.25, -0.2) is 4.98 Å². The number of benzene rings is 2. The smallest absolute Gasteiger partial charge is 0.229 e. The molecule has 2 aromatic carbocycles. The molecule has 1 aliphatic heterocycles. The lowest BCUT2D eigenvalue weighted by Gasteiger charge is -2.28. The van der Waals surface area contributed by atoms with Gasteiger partial charge < -0.3 is 25.4 Å². The molecule has 2 heterocycles. The van der Waals surface area contributed by atoms with Gasteiger partial charge in [0, 0.05) is 42.8 Å². The Morgan fingerprint density at radius 3 is 2.50 bits per heavy atom. The van der Waals surface area contributed by atoms with E-state index >= 15 is 0 Å². The lowest BCUT2D eigenvalue weighted by molar-refractivity contribution is 0.122. The SMILES string of the molecule is Cc1cnc(Nc2ccc(N3CCOCC3)cc2)nc1NCCc1ccc(O)cc1. The third-order valence-electron chi connectivity index (χ3n) is 5.11. The number of rotatable bonds is 7. The lowest BCUT2D eigenvalue weighted by atomic mass is 10.1. The van der Waals surface area contributed by atoms with Gasteiger partial charge in [-0.05, 0) is 55.3 Å². The zero-order valence-electron chi connectivity index (χ0n) is 17.1. The summed E-state index contributed by atoms with van der Waals surface area (Å²) in [5.41, 5.74) is 4.30. The molecule has 1 aromatic heterocycles. The molecule has 0 amide bonds. The fourth-order valence-electron chi connectivity index (χ4n) is 3.38. The summed E-state index contributed by atoms with van der Waals surface area (Å²) >= 11 is 0. The molecule has 0 radical (unpaired) electrons. The fourth-order valence-corrected chi connectivity index (χ4v) is 3.38. The first kappa shape index (κ1) is 20.0. The predicted molar refractivity (Wildman–Crippen MR) is 120 cm³/mol. The van der Waals surface area contributed by atoms with Crippen LogP contribution in [0.5, 0.6) is 5.75 Å². The average Bonchev–Trinajstić information content (AvgIpc) is 2.78. The summed E-state index contributed by atoms with van der Waals surface area (Å²) in [6, 6.07) is 15.6. The van der Waals surface area contributed by atoms with Crippen LogP contribution in [0, 0.1) is 6.92 Å². The van der Waals surface area contributed by atoms with Crippen LogP contribution < -0.4 is 15.5 Å². The van der Waals surface area contributed by atoms with Gasteiger partial charge in [0.2, 0.25) is 5.95 Å².